The molecule has 2 aliphatic heterocycles. The third kappa shape index (κ3) is 5.48. The molecule has 2 fully saturated rings. The Labute approximate surface area is 178 Å². The monoisotopic (exact) mass is 424 g/mol. The highest BCUT2D eigenvalue weighted by atomic mass is 32.2. The Bertz CT molecular complexity index is 692. The van der Waals surface area contributed by atoms with Gasteiger partial charge in [0, 0.05) is 43.0 Å². The summed E-state index contributed by atoms with van der Waals surface area (Å²) in [6.07, 6.45) is 1.18. The molecule has 2 aliphatic rings. The predicted octanol–water partition coefficient (Wildman–Crippen LogP) is 1.87. The first kappa shape index (κ1) is 22.5. The summed E-state index contributed by atoms with van der Waals surface area (Å²) < 4.78 is 11.2. The Balaban J connectivity index is 1.67. The van der Waals surface area contributed by atoms with Gasteiger partial charge < -0.3 is 24.9 Å². The molecule has 1 aromatic rings. The smallest absolute Gasteiger partial charge is 0.191 e. The first-order valence-electron chi connectivity index (χ1n) is 10.6. The van der Waals surface area contributed by atoms with Crippen molar-refractivity contribution in [1.82, 2.24) is 15.5 Å². The second-order valence-electron chi connectivity index (χ2n) is 8.28. The number of ether oxygens (including phenoxy) is 1. The van der Waals surface area contributed by atoms with Gasteiger partial charge >= 0.3 is 0 Å². The Morgan fingerprint density at radius 2 is 2.10 bits per heavy atom. The molecule has 0 radical (unpaired) electrons. The Morgan fingerprint density at radius 3 is 2.69 bits per heavy atom. The van der Waals surface area contributed by atoms with Crippen LogP contribution in [0.2, 0.25) is 0 Å². The number of aliphatic hydroxyl groups is 1. The normalized spacial score (nSPS) is 25.8. The molecule has 2 saturated heterocycles. The molecule has 164 valence electrons. The maximum Gasteiger partial charge on any atom is 0.191 e. The largest absolute Gasteiger partial charge is 0.466 e. The maximum absolute atomic E-state index is 11.0. The molecule has 0 aromatic carbocycles. The highest BCUT2D eigenvalue weighted by molar-refractivity contribution is 7.99. The van der Waals surface area contributed by atoms with Crippen molar-refractivity contribution in [2.75, 3.05) is 57.4 Å². The molecule has 3 N–H and O–H groups in total. The van der Waals surface area contributed by atoms with Crippen molar-refractivity contribution in [3.8, 4) is 0 Å². The zero-order valence-corrected chi connectivity index (χ0v) is 19.0. The van der Waals surface area contributed by atoms with Gasteiger partial charge in [0.25, 0.3) is 0 Å². The van der Waals surface area contributed by atoms with E-state index in [9.17, 15) is 5.11 Å². The van der Waals surface area contributed by atoms with Crippen molar-refractivity contribution in [1.29, 1.82) is 0 Å². The standard InChI is InChI=1S/C21H36N4O3S/c1-5-22-19(23-13-20(4,26)18-12-16(2)28-17(18)3)24-14-21(6-11-29-15-21)25-7-9-27-10-8-25/h12,26H,5-11,13-15H2,1-4H3,(H2,22,23,24). The van der Waals surface area contributed by atoms with E-state index >= 15 is 0 Å². The van der Waals surface area contributed by atoms with Crippen LogP contribution in [0, 0.1) is 13.8 Å². The summed E-state index contributed by atoms with van der Waals surface area (Å²) in [5.41, 5.74) is -0.132. The van der Waals surface area contributed by atoms with Crippen LogP contribution in [-0.4, -0.2) is 78.9 Å². The Morgan fingerprint density at radius 1 is 1.34 bits per heavy atom. The molecule has 8 heteroatoms. The molecule has 0 saturated carbocycles. The van der Waals surface area contributed by atoms with E-state index in [4.69, 9.17) is 14.1 Å². The fraction of sp³-hybridized carbons (Fsp3) is 0.762. The number of guanidine groups is 1. The van der Waals surface area contributed by atoms with Crippen molar-refractivity contribution in [2.45, 2.75) is 45.3 Å². The average Bonchev–Trinajstić information content (AvgIpc) is 3.32. The molecule has 1 aromatic heterocycles. The lowest BCUT2D eigenvalue weighted by Crippen LogP contribution is -2.60. The van der Waals surface area contributed by atoms with E-state index in [2.05, 4.69) is 22.5 Å². The van der Waals surface area contributed by atoms with Gasteiger partial charge in [-0.15, -0.1) is 0 Å². The quantitative estimate of drug-likeness (QED) is 0.455. The number of nitrogens with one attached hydrogen (secondary N) is 2. The van der Waals surface area contributed by atoms with E-state index in [1.54, 1.807) is 6.92 Å². The summed E-state index contributed by atoms with van der Waals surface area (Å²) in [4.78, 5) is 7.29. The van der Waals surface area contributed by atoms with Gasteiger partial charge in [0.05, 0.1) is 19.8 Å². The van der Waals surface area contributed by atoms with Crippen molar-refractivity contribution < 1.29 is 14.3 Å². The highest BCUT2D eigenvalue weighted by Gasteiger charge is 2.40. The highest BCUT2D eigenvalue weighted by Crippen LogP contribution is 2.33. The first-order chi connectivity index (χ1) is 13.9. The van der Waals surface area contributed by atoms with Gasteiger partial charge in [-0.1, -0.05) is 0 Å². The zero-order valence-electron chi connectivity index (χ0n) is 18.2. The molecule has 2 unspecified atom stereocenters. The molecule has 7 nitrogen and oxygen atoms in total. The lowest BCUT2D eigenvalue weighted by molar-refractivity contribution is -0.0120. The van der Waals surface area contributed by atoms with Crippen molar-refractivity contribution in [3.63, 3.8) is 0 Å². The van der Waals surface area contributed by atoms with Gasteiger partial charge in [-0.25, -0.2) is 4.99 Å². The maximum atomic E-state index is 11.0. The average molecular weight is 425 g/mol. The van der Waals surface area contributed by atoms with E-state index in [-0.39, 0.29) is 12.1 Å². The Kier molecular flexibility index (Phi) is 7.53. The van der Waals surface area contributed by atoms with Crippen LogP contribution in [0.1, 0.15) is 37.4 Å². The van der Waals surface area contributed by atoms with Gasteiger partial charge in [0.1, 0.15) is 17.1 Å². The van der Waals surface area contributed by atoms with Crippen LogP contribution in [0.4, 0.5) is 0 Å². The second kappa shape index (κ2) is 9.73. The molecule has 2 atom stereocenters. The summed E-state index contributed by atoms with van der Waals surface area (Å²) in [5.74, 6) is 4.62. The van der Waals surface area contributed by atoms with E-state index in [1.807, 2.05) is 31.7 Å². The number of aryl methyl sites for hydroxylation is 2. The van der Waals surface area contributed by atoms with Crippen LogP contribution in [0.3, 0.4) is 0 Å². The van der Waals surface area contributed by atoms with Crippen molar-refractivity contribution in [2.24, 2.45) is 4.99 Å². The minimum absolute atomic E-state index is 0.144. The molecule has 3 heterocycles. The summed E-state index contributed by atoms with van der Waals surface area (Å²) in [5, 5.41) is 17.9. The third-order valence-corrected chi connectivity index (χ3v) is 7.09. The van der Waals surface area contributed by atoms with E-state index < -0.39 is 5.60 Å². The minimum Gasteiger partial charge on any atom is -0.466 e. The first-order valence-corrected chi connectivity index (χ1v) is 11.7. The molecular weight excluding hydrogens is 388 g/mol. The summed E-state index contributed by atoms with van der Waals surface area (Å²) in [6, 6.07) is 1.90. The SMILES string of the molecule is CCNC(=NCC(C)(O)c1cc(C)oc1C)NCC1(N2CCOCC2)CCSC1. The van der Waals surface area contributed by atoms with Crippen molar-refractivity contribution in [3.05, 3.63) is 23.2 Å². The molecule has 0 aliphatic carbocycles. The van der Waals surface area contributed by atoms with Crippen LogP contribution in [0.25, 0.3) is 0 Å². The van der Waals surface area contributed by atoms with Gasteiger partial charge in [-0.05, 0) is 45.9 Å². The van der Waals surface area contributed by atoms with Crippen LogP contribution in [0.5, 0.6) is 0 Å². The third-order valence-electron chi connectivity index (χ3n) is 5.86. The minimum atomic E-state index is -1.07. The van der Waals surface area contributed by atoms with Gasteiger partial charge in [-0.3, -0.25) is 4.90 Å². The number of furan rings is 1. The van der Waals surface area contributed by atoms with Gasteiger partial charge in [0.2, 0.25) is 0 Å². The summed E-state index contributed by atoms with van der Waals surface area (Å²) >= 11 is 2.03. The van der Waals surface area contributed by atoms with E-state index in [0.29, 0.717) is 0 Å². The topological polar surface area (TPSA) is 82.3 Å². The number of morpholine rings is 1. The van der Waals surface area contributed by atoms with Crippen molar-refractivity contribution >= 4 is 17.7 Å². The molecule has 29 heavy (non-hydrogen) atoms. The molecular formula is C21H36N4O3S. The molecule has 3 rings (SSSR count). The fourth-order valence-electron chi connectivity index (χ4n) is 4.21. The van der Waals surface area contributed by atoms with Gasteiger partial charge in [-0.2, -0.15) is 11.8 Å². The Hall–Kier alpha value is -1.22. The number of thioether (sulfide) groups is 1. The number of aliphatic imine (C=N–C) groups is 1. The van der Waals surface area contributed by atoms with Crippen LogP contribution >= 0.6 is 11.8 Å². The predicted molar refractivity (Wildman–Crippen MR) is 119 cm³/mol. The second-order valence-corrected chi connectivity index (χ2v) is 9.38. The summed E-state index contributed by atoms with van der Waals surface area (Å²) in [6.45, 7) is 13.1. The van der Waals surface area contributed by atoms with Crippen LogP contribution < -0.4 is 10.6 Å². The zero-order chi connectivity index (χ0) is 20.9. The van der Waals surface area contributed by atoms with Crippen LogP contribution in [-0.2, 0) is 10.3 Å². The van der Waals surface area contributed by atoms with E-state index in [0.717, 1.165) is 68.2 Å². The summed E-state index contributed by atoms with van der Waals surface area (Å²) in [7, 11) is 0. The van der Waals surface area contributed by atoms with E-state index in [1.165, 1.54) is 12.2 Å². The molecule has 0 bridgehead atoms. The lowest BCUT2D eigenvalue weighted by atomic mass is 9.95. The molecule has 0 spiro atoms. The van der Waals surface area contributed by atoms with Gasteiger partial charge in [0.15, 0.2) is 5.96 Å². The van der Waals surface area contributed by atoms with Crippen LogP contribution in [0.15, 0.2) is 15.5 Å². The number of hydrogen-bond acceptors (Lipinski definition) is 6. The lowest BCUT2D eigenvalue weighted by Gasteiger charge is -2.43. The fourth-order valence-corrected chi connectivity index (χ4v) is 5.69. The molecule has 0 amide bonds. The number of rotatable bonds is 7. The number of nitrogens with zero attached hydrogens (tertiary/aromatic N) is 2. The number of hydrogen-bond donors (Lipinski definition) is 3.